The van der Waals surface area contributed by atoms with E-state index in [4.69, 9.17) is 5.11 Å². The van der Waals surface area contributed by atoms with Gasteiger partial charge in [-0.05, 0) is 12.8 Å². The van der Waals surface area contributed by atoms with Crippen LogP contribution in [0.1, 0.15) is 33.1 Å². The lowest BCUT2D eigenvalue weighted by Crippen LogP contribution is -2.22. The van der Waals surface area contributed by atoms with E-state index in [1.807, 2.05) is 13.8 Å². The maximum atomic E-state index is 9.35. The minimum absolute atomic E-state index is 0.0833. The summed E-state index contributed by atoms with van der Waals surface area (Å²) in [5.41, 5.74) is 0. The first-order valence-electron chi connectivity index (χ1n) is 5.33. The Bertz CT molecular complexity index is 136. The van der Waals surface area contributed by atoms with E-state index in [0.29, 0.717) is 0 Å². The van der Waals surface area contributed by atoms with Gasteiger partial charge in [-0.2, -0.15) is 0 Å². The van der Waals surface area contributed by atoms with Gasteiger partial charge in [-0.15, -0.1) is 0 Å². The monoisotopic (exact) mass is 216 g/mol. The third kappa shape index (κ3) is 11.1. The summed E-state index contributed by atoms with van der Waals surface area (Å²) in [5, 5.41) is 18.1. The second-order valence-corrected chi connectivity index (χ2v) is 3.18. The first-order chi connectivity index (χ1) is 7.17. The zero-order valence-electron chi connectivity index (χ0n) is 9.85. The number of ether oxygens (including phenoxy) is 1. The molecule has 3 nitrogen and oxygen atoms in total. The Labute approximate surface area is 93.1 Å². The fourth-order valence-electron chi connectivity index (χ4n) is 1.12. The van der Waals surface area contributed by atoms with E-state index in [1.165, 1.54) is 12.5 Å². The van der Waals surface area contributed by atoms with Crippen molar-refractivity contribution in [1.82, 2.24) is 0 Å². The highest BCUT2D eigenvalue weighted by Gasteiger charge is 2.14. The molecule has 0 bridgehead atoms. The number of hydrogen-bond acceptors (Lipinski definition) is 3. The molecular weight excluding hydrogens is 192 g/mol. The second-order valence-electron chi connectivity index (χ2n) is 3.18. The Morgan fingerprint density at radius 1 is 1.27 bits per heavy atom. The smallest absolute Gasteiger partial charge is 0.0829 e. The van der Waals surface area contributed by atoms with Crippen LogP contribution in [-0.2, 0) is 4.74 Å². The molecule has 2 unspecified atom stereocenters. The Balaban J connectivity index is 0. The van der Waals surface area contributed by atoms with E-state index >= 15 is 0 Å². The summed E-state index contributed by atoms with van der Waals surface area (Å²) in [6, 6.07) is 0. The van der Waals surface area contributed by atoms with E-state index in [1.54, 1.807) is 0 Å². The molecule has 0 fully saturated rings. The SMILES string of the molecule is C=COC=C.CCCC(O)C(CC)CO. The average Bonchev–Trinajstić information content (AvgIpc) is 2.22. The van der Waals surface area contributed by atoms with Crippen LogP contribution in [0.15, 0.2) is 25.7 Å². The molecule has 0 spiro atoms. The number of aliphatic hydroxyl groups excluding tert-OH is 2. The first kappa shape index (κ1) is 16.6. The van der Waals surface area contributed by atoms with Crippen LogP contribution in [0, 0.1) is 5.92 Å². The average molecular weight is 216 g/mol. The predicted molar refractivity (Wildman–Crippen MR) is 63.3 cm³/mol. The van der Waals surface area contributed by atoms with Crippen LogP contribution >= 0.6 is 0 Å². The highest BCUT2D eigenvalue weighted by molar-refractivity contribution is 4.65. The lowest BCUT2D eigenvalue weighted by atomic mass is 9.97. The van der Waals surface area contributed by atoms with Crippen LogP contribution in [0.4, 0.5) is 0 Å². The van der Waals surface area contributed by atoms with Gasteiger partial charge in [-0.3, -0.25) is 0 Å². The lowest BCUT2D eigenvalue weighted by Gasteiger charge is -2.17. The maximum absolute atomic E-state index is 9.35. The van der Waals surface area contributed by atoms with Crippen molar-refractivity contribution in [3.63, 3.8) is 0 Å². The third-order valence-corrected chi connectivity index (χ3v) is 2.08. The number of hydrogen-bond donors (Lipinski definition) is 2. The van der Waals surface area contributed by atoms with E-state index in [-0.39, 0.29) is 18.6 Å². The molecule has 0 aromatic carbocycles. The largest absolute Gasteiger partial charge is 0.474 e. The normalized spacial score (nSPS) is 13.1. The van der Waals surface area contributed by atoms with Crippen LogP contribution in [0.3, 0.4) is 0 Å². The first-order valence-corrected chi connectivity index (χ1v) is 5.33. The van der Waals surface area contributed by atoms with E-state index in [9.17, 15) is 5.11 Å². The molecular formula is C12H24O3. The summed E-state index contributed by atoms with van der Waals surface area (Å²) in [6.45, 7) is 10.6. The zero-order valence-corrected chi connectivity index (χ0v) is 9.85. The van der Waals surface area contributed by atoms with Gasteiger partial charge in [-0.1, -0.05) is 33.4 Å². The number of aliphatic hydroxyl groups is 2. The lowest BCUT2D eigenvalue weighted by molar-refractivity contribution is 0.0584. The molecule has 0 rings (SSSR count). The van der Waals surface area contributed by atoms with Crippen molar-refractivity contribution in [1.29, 1.82) is 0 Å². The number of rotatable bonds is 7. The van der Waals surface area contributed by atoms with Crippen molar-refractivity contribution in [3.05, 3.63) is 25.7 Å². The van der Waals surface area contributed by atoms with Crippen LogP contribution in [0.2, 0.25) is 0 Å². The molecule has 0 aliphatic heterocycles. The van der Waals surface area contributed by atoms with Crippen molar-refractivity contribution in [3.8, 4) is 0 Å². The van der Waals surface area contributed by atoms with Gasteiger partial charge in [0.2, 0.25) is 0 Å². The van der Waals surface area contributed by atoms with E-state index in [2.05, 4.69) is 17.9 Å². The van der Waals surface area contributed by atoms with Gasteiger partial charge < -0.3 is 14.9 Å². The van der Waals surface area contributed by atoms with Gasteiger partial charge in [0.05, 0.1) is 18.6 Å². The molecule has 0 amide bonds. The van der Waals surface area contributed by atoms with Crippen molar-refractivity contribution < 1.29 is 14.9 Å². The summed E-state index contributed by atoms with van der Waals surface area (Å²) in [6.07, 6.45) is 4.97. The standard InChI is InChI=1S/C8H18O2.C4H6O/c1-3-5-8(10)7(4-2)6-9;1-3-5-4-2/h7-10H,3-6H2,1-2H3;3-4H,1-2H2. The molecule has 0 radical (unpaired) electrons. The van der Waals surface area contributed by atoms with E-state index < -0.39 is 0 Å². The molecule has 0 aromatic heterocycles. The van der Waals surface area contributed by atoms with Gasteiger partial charge in [0, 0.05) is 12.5 Å². The molecule has 90 valence electrons. The predicted octanol–water partition coefficient (Wildman–Crippen LogP) is 2.46. The van der Waals surface area contributed by atoms with Gasteiger partial charge in [0.1, 0.15) is 0 Å². The van der Waals surface area contributed by atoms with Gasteiger partial charge >= 0.3 is 0 Å². The molecule has 0 saturated heterocycles. The Hall–Kier alpha value is -0.800. The molecule has 0 saturated carbocycles. The molecule has 0 aliphatic carbocycles. The third-order valence-electron chi connectivity index (χ3n) is 2.08. The van der Waals surface area contributed by atoms with Crippen LogP contribution in [0.5, 0.6) is 0 Å². The molecule has 2 N–H and O–H groups in total. The fraction of sp³-hybridized carbons (Fsp3) is 0.667. The zero-order chi connectivity index (χ0) is 12.1. The highest BCUT2D eigenvalue weighted by Crippen LogP contribution is 2.11. The molecule has 3 heteroatoms. The maximum Gasteiger partial charge on any atom is 0.0829 e. The van der Waals surface area contributed by atoms with E-state index in [0.717, 1.165) is 19.3 Å². The summed E-state index contributed by atoms with van der Waals surface area (Å²) in [7, 11) is 0. The second kappa shape index (κ2) is 13.2. The van der Waals surface area contributed by atoms with Gasteiger partial charge in [0.15, 0.2) is 0 Å². The van der Waals surface area contributed by atoms with Crippen molar-refractivity contribution in [2.45, 2.75) is 39.2 Å². The minimum Gasteiger partial charge on any atom is -0.474 e. The van der Waals surface area contributed by atoms with Crippen LogP contribution in [0.25, 0.3) is 0 Å². The molecule has 15 heavy (non-hydrogen) atoms. The molecule has 2 atom stereocenters. The molecule has 0 aliphatic rings. The van der Waals surface area contributed by atoms with Crippen molar-refractivity contribution >= 4 is 0 Å². The van der Waals surface area contributed by atoms with Gasteiger partial charge in [0.25, 0.3) is 0 Å². The quantitative estimate of drug-likeness (QED) is 0.643. The molecule has 0 aromatic rings. The summed E-state index contributed by atoms with van der Waals surface area (Å²) < 4.78 is 4.36. The van der Waals surface area contributed by atoms with Crippen LogP contribution in [-0.4, -0.2) is 22.9 Å². The summed E-state index contributed by atoms with van der Waals surface area (Å²) in [4.78, 5) is 0. The van der Waals surface area contributed by atoms with Crippen molar-refractivity contribution in [2.24, 2.45) is 5.92 Å². The topological polar surface area (TPSA) is 49.7 Å². The Morgan fingerprint density at radius 3 is 2.00 bits per heavy atom. The highest BCUT2D eigenvalue weighted by atomic mass is 16.5. The Kier molecular flexibility index (Phi) is 14.6. The Morgan fingerprint density at radius 2 is 1.80 bits per heavy atom. The fourth-order valence-corrected chi connectivity index (χ4v) is 1.12. The minimum atomic E-state index is -0.306. The van der Waals surface area contributed by atoms with Gasteiger partial charge in [-0.25, -0.2) is 0 Å². The summed E-state index contributed by atoms with van der Waals surface area (Å²) >= 11 is 0. The summed E-state index contributed by atoms with van der Waals surface area (Å²) in [5.74, 6) is 0.0833. The van der Waals surface area contributed by atoms with Crippen LogP contribution < -0.4 is 0 Å². The van der Waals surface area contributed by atoms with Crippen molar-refractivity contribution in [2.75, 3.05) is 6.61 Å². The molecule has 0 heterocycles.